The van der Waals surface area contributed by atoms with Gasteiger partial charge in [0.1, 0.15) is 0 Å². The lowest BCUT2D eigenvalue weighted by molar-refractivity contribution is 0.0187. The normalized spacial score (nSPS) is 31.6. The third-order valence-corrected chi connectivity index (χ3v) is 4.01. The van der Waals surface area contributed by atoms with Crippen molar-refractivity contribution >= 4 is 0 Å². The second-order valence-corrected chi connectivity index (χ2v) is 4.92. The van der Waals surface area contributed by atoms with Crippen LogP contribution in [0.2, 0.25) is 0 Å². The molecule has 0 saturated heterocycles. The van der Waals surface area contributed by atoms with Gasteiger partial charge in [-0.3, -0.25) is 4.90 Å². The van der Waals surface area contributed by atoms with Gasteiger partial charge in [0.15, 0.2) is 0 Å². The van der Waals surface area contributed by atoms with Gasteiger partial charge in [0.05, 0.1) is 6.10 Å². The average molecular weight is 214 g/mol. The summed E-state index contributed by atoms with van der Waals surface area (Å²) >= 11 is 0. The van der Waals surface area contributed by atoms with Gasteiger partial charge in [0.2, 0.25) is 0 Å². The van der Waals surface area contributed by atoms with Crippen molar-refractivity contribution in [3.05, 3.63) is 0 Å². The van der Waals surface area contributed by atoms with E-state index in [9.17, 15) is 0 Å². The predicted molar refractivity (Wildman–Crippen MR) is 63.9 cm³/mol. The molecule has 0 radical (unpaired) electrons. The number of likely N-dealkylation sites (N-methyl/N-ethyl adjacent to an activating group) is 1. The van der Waals surface area contributed by atoms with Gasteiger partial charge in [0, 0.05) is 25.2 Å². The molecule has 90 valence electrons. The Labute approximate surface area is 94.0 Å². The molecule has 0 spiro atoms. The Morgan fingerprint density at radius 1 is 1.20 bits per heavy atom. The van der Waals surface area contributed by atoms with Crippen molar-refractivity contribution in [2.75, 3.05) is 14.2 Å². The summed E-state index contributed by atoms with van der Waals surface area (Å²) in [5, 5.41) is 0. The first-order valence-corrected chi connectivity index (χ1v) is 6.06. The lowest BCUT2D eigenvalue weighted by Crippen LogP contribution is -2.47. The van der Waals surface area contributed by atoms with Gasteiger partial charge in [-0.25, -0.2) is 0 Å². The van der Waals surface area contributed by atoms with Gasteiger partial charge < -0.3 is 10.5 Å². The number of rotatable bonds is 4. The van der Waals surface area contributed by atoms with Gasteiger partial charge in [-0.15, -0.1) is 0 Å². The number of ether oxygens (including phenoxy) is 1. The van der Waals surface area contributed by atoms with E-state index in [1.807, 2.05) is 0 Å². The van der Waals surface area contributed by atoms with E-state index in [1.54, 1.807) is 7.11 Å². The van der Waals surface area contributed by atoms with Gasteiger partial charge in [-0.2, -0.15) is 0 Å². The van der Waals surface area contributed by atoms with E-state index < -0.39 is 0 Å². The molecule has 2 unspecified atom stereocenters. The summed E-state index contributed by atoms with van der Waals surface area (Å²) in [6.45, 7) is 4.37. The summed E-state index contributed by atoms with van der Waals surface area (Å²) in [5.74, 6) is 0. The zero-order valence-electron chi connectivity index (χ0n) is 10.6. The lowest BCUT2D eigenvalue weighted by Gasteiger charge is -2.38. The molecule has 15 heavy (non-hydrogen) atoms. The molecule has 1 fully saturated rings. The van der Waals surface area contributed by atoms with Crippen LogP contribution in [0.25, 0.3) is 0 Å². The van der Waals surface area contributed by atoms with Gasteiger partial charge >= 0.3 is 0 Å². The van der Waals surface area contributed by atoms with E-state index >= 15 is 0 Å². The number of nitrogens with two attached hydrogens (primary N) is 1. The maximum Gasteiger partial charge on any atom is 0.0695 e. The quantitative estimate of drug-likeness (QED) is 0.772. The van der Waals surface area contributed by atoms with E-state index in [1.165, 1.54) is 25.7 Å². The number of methoxy groups -OCH3 is 1. The van der Waals surface area contributed by atoms with Crippen LogP contribution in [0.5, 0.6) is 0 Å². The highest BCUT2D eigenvalue weighted by Crippen LogP contribution is 2.23. The maximum atomic E-state index is 5.92. The average Bonchev–Trinajstić information content (AvgIpc) is 2.27. The second kappa shape index (κ2) is 5.83. The minimum Gasteiger partial charge on any atom is -0.380 e. The molecule has 0 aromatic carbocycles. The van der Waals surface area contributed by atoms with Crippen molar-refractivity contribution in [3.63, 3.8) is 0 Å². The molecular weight excluding hydrogens is 188 g/mol. The predicted octanol–water partition coefficient (Wildman–Crippen LogP) is 1.61. The molecule has 1 rings (SSSR count). The fraction of sp³-hybridized carbons (Fsp3) is 1.00. The van der Waals surface area contributed by atoms with Crippen molar-refractivity contribution in [1.29, 1.82) is 0 Å². The van der Waals surface area contributed by atoms with Crippen LogP contribution in [-0.2, 0) is 4.74 Å². The molecule has 3 nitrogen and oxygen atoms in total. The minimum atomic E-state index is 0.297. The Morgan fingerprint density at radius 3 is 2.20 bits per heavy atom. The third kappa shape index (κ3) is 3.44. The van der Waals surface area contributed by atoms with Crippen molar-refractivity contribution < 1.29 is 4.74 Å². The molecule has 1 aliphatic carbocycles. The van der Waals surface area contributed by atoms with E-state index in [4.69, 9.17) is 10.5 Å². The standard InChI is InChI=1S/C12H26N2O/c1-9(10(2)15-4)14(3)12-7-5-11(13)6-8-12/h9-12H,5-8,13H2,1-4H3. The maximum absolute atomic E-state index is 5.92. The van der Waals surface area contributed by atoms with E-state index in [-0.39, 0.29) is 0 Å². The summed E-state index contributed by atoms with van der Waals surface area (Å²) in [6.07, 6.45) is 5.11. The molecule has 3 heteroatoms. The number of hydrogen-bond acceptors (Lipinski definition) is 3. The van der Waals surface area contributed by atoms with E-state index in [0.717, 1.165) is 0 Å². The number of hydrogen-bond donors (Lipinski definition) is 1. The highest BCUT2D eigenvalue weighted by atomic mass is 16.5. The monoisotopic (exact) mass is 214 g/mol. The lowest BCUT2D eigenvalue weighted by atomic mass is 9.90. The summed E-state index contributed by atoms with van der Waals surface area (Å²) in [6, 6.07) is 1.61. The zero-order valence-corrected chi connectivity index (χ0v) is 10.6. The first-order chi connectivity index (χ1) is 7.06. The molecule has 1 aliphatic rings. The Kier molecular flexibility index (Phi) is 5.03. The Balaban J connectivity index is 2.42. The SMILES string of the molecule is COC(C)C(C)N(C)C1CCC(N)CC1. The van der Waals surface area contributed by atoms with E-state index in [0.29, 0.717) is 24.2 Å². The largest absolute Gasteiger partial charge is 0.380 e. The summed E-state index contributed by atoms with van der Waals surface area (Å²) in [5.41, 5.74) is 5.92. The molecule has 0 aromatic rings. The summed E-state index contributed by atoms with van der Waals surface area (Å²) in [7, 11) is 3.99. The Morgan fingerprint density at radius 2 is 1.73 bits per heavy atom. The molecule has 0 aliphatic heterocycles. The van der Waals surface area contributed by atoms with Gasteiger partial charge in [0.25, 0.3) is 0 Å². The fourth-order valence-electron chi connectivity index (χ4n) is 2.37. The van der Waals surface area contributed by atoms with E-state index in [2.05, 4.69) is 25.8 Å². The summed E-state index contributed by atoms with van der Waals surface area (Å²) < 4.78 is 5.38. The van der Waals surface area contributed by atoms with Crippen LogP contribution < -0.4 is 5.73 Å². The first kappa shape index (κ1) is 12.9. The minimum absolute atomic E-state index is 0.297. The zero-order chi connectivity index (χ0) is 11.4. The number of nitrogens with zero attached hydrogens (tertiary/aromatic N) is 1. The molecule has 2 atom stereocenters. The molecule has 0 heterocycles. The van der Waals surface area contributed by atoms with Crippen LogP contribution in [0.1, 0.15) is 39.5 Å². The molecule has 1 saturated carbocycles. The van der Waals surface area contributed by atoms with Gasteiger partial charge in [-0.1, -0.05) is 0 Å². The van der Waals surface area contributed by atoms with Crippen molar-refractivity contribution in [2.24, 2.45) is 5.73 Å². The Hall–Kier alpha value is -0.120. The van der Waals surface area contributed by atoms with Crippen LogP contribution >= 0.6 is 0 Å². The molecule has 0 aromatic heterocycles. The first-order valence-electron chi connectivity index (χ1n) is 6.06. The molecule has 2 N–H and O–H groups in total. The molecular formula is C12H26N2O. The topological polar surface area (TPSA) is 38.5 Å². The van der Waals surface area contributed by atoms with Crippen LogP contribution in [0.4, 0.5) is 0 Å². The van der Waals surface area contributed by atoms with Crippen LogP contribution in [0, 0.1) is 0 Å². The van der Waals surface area contributed by atoms with Crippen LogP contribution in [-0.4, -0.2) is 43.3 Å². The highest BCUT2D eigenvalue weighted by molar-refractivity contribution is 4.83. The molecule has 0 bridgehead atoms. The fourth-order valence-corrected chi connectivity index (χ4v) is 2.37. The third-order valence-electron chi connectivity index (χ3n) is 4.01. The van der Waals surface area contributed by atoms with Gasteiger partial charge in [-0.05, 0) is 46.6 Å². The van der Waals surface area contributed by atoms with Crippen molar-refractivity contribution in [2.45, 2.75) is 63.8 Å². The Bertz CT molecular complexity index is 178. The van der Waals surface area contributed by atoms with Crippen molar-refractivity contribution in [1.82, 2.24) is 4.90 Å². The van der Waals surface area contributed by atoms with Crippen LogP contribution in [0.15, 0.2) is 0 Å². The summed E-state index contributed by atoms with van der Waals surface area (Å²) in [4.78, 5) is 2.46. The smallest absolute Gasteiger partial charge is 0.0695 e. The van der Waals surface area contributed by atoms with Crippen LogP contribution in [0.3, 0.4) is 0 Å². The highest BCUT2D eigenvalue weighted by Gasteiger charge is 2.26. The second-order valence-electron chi connectivity index (χ2n) is 4.92. The van der Waals surface area contributed by atoms with Crippen molar-refractivity contribution in [3.8, 4) is 0 Å². The molecule has 0 amide bonds.